The predicted molar refractivity (Wildman–Crippen MR) is 145 cm³/mol. The number of thiol groups is 1. The fourth-order valence-electron chi connectivity index (χ4n) is 3.94. The molecule has 0 unspecified atom stereocenters. The summed E-state index contributed by atoms with van der Waals surface area (Å²) in [6, 6.07) is 31.4. The van der Waals surface area contributed by atoms with Gasteiger partial charge in [-0.2, -0.15) is 12.6 Å². The van der Waals surface area contributed by atoms with Crippen molar-refractivity contribution >= 4 is 47.7 Å². The third-order valence-electron chi connectivity index (χ3n) is 5.68. The second-order valence-corrected chi connectivity index (χ2v) is 12.0. The van der Waals surface area contributed by atoms with E-state index in [4.69, 9.17) is 10.5 Å². The van der Waals surface area contributed by atoms with E-state index < -0.39 is 25.2 Å². The van der Waals surface area contributed by atoms with Crippen LogP contribution in [0.15, 0.2) is 91.0 Å². The van der Waals surface area contributed by atoms with Gasteiger partial charge in [0.1, 0.15) is 29.7 Å². The van der Waals surface area contributed by atoms with Crippen LogP contribution in [0.1, 0.15) is 12.8 Å². The summed E-state index contributed by atoms with van der Waals surface area (Å²) < 4.78 is 5.34. The van der Waals surface area contributed by atoms with Gasteiger partial charge in [0.05, 0.1) is 18.8 Å². The van der Waals surface area contributed by atoms with Crippen LogP contribution < -0.4 is 27.0 Å². The summed E-state index contributed by atoms with van der Waals surface area (Å²) in [4.78, 5) is 23.7. The molecule has 0 saturated heterocycles. The monoisotopic (exact) mass is 495 g/mol. The molecule has 0 aliphatic heterocycles. The Balaban J connectivity index is 1.69. The molecule has 0 saturated carbocycles. The standard InChI is InChI=1S/C27H31N2O3PS/c28-25(21-34)27(31)29-20-26(30)32-18-10-11-19-33(22-12-4-1-5-13-22,23-14-6-2-7-15-23)24-16-8-3-9-17-24/h1-9,12-17,25H,10-11,18-21,28H2,(H-,29,31,34)/p+1/t25-/m0/s1. The minimum absolute atomic E-state index is 0.185. The van der Waals surface area contributed by atoms with Crippen molar-refractivity contribution in [2.24, 2.45) is 5.73 Å². The van der Waals surface area contributed by atoms with Gasteiger partial charge in [-0.25, -0.2) is 0 Å². The quantitative estimate of drug-likeness (QED) is 0.156. The summed E-state index contributed by atoms with van der Waals surface area (Å²) in [5.74, 6) is -0.652. The highest BCUT2D eigenvalue weighted by molar-refractivity contribution is 7.95. The van der Waals surface area contributed by atoms with E-state index in [1.807, 2.05) is 0 Å². The van der Waals surface area contributed by atoms with Gasteiger partial charge in [-0.05, 0) is 49.2 Å². The number of hydrogen-bond donors (Lipinski definition) is 3. The summed E-state index contributed by atoms with van der Waals surface area (Å²) in [6.07, 6.45) is 2.61. The van der Waals surface area contributed by atoms with Crippen LogP contribution in [0.4, 0.5) is 0 Å². The third-order valence-corrected chi connectivity index (χ3v) is 10.6. The molecule has 0 fully saturated rings. The zero-order chi connectivity index (χ0) is 24.2. The molecule has 1 atom stereocenters. The minimum Gasteiger partial charge on any atom is -0.464 e. The van der Waals surface area contributed by atoms with Crippen molar-refractivity contribution in [2.75, 3.05) is 25.1 Å². The average molecular weight is 496 g/mol. The molecule has 34 heavy (non-hydrogen) atoms. The number of rotatable bonds is 12. The van der Waals surface area contributed by atoms with Crippen LogP contribution in [-0.4, -0.2) is 43.0 Å². The Bertz CT molecular complexity index is 939. The number of carbonyl (C=O) groups is 2. The number of hydrogen-bond acceptors (Lipinski definition) is 5. The van der Waals surface area contributed by atoms with Crippen LogP contribution >= 0.6 is 19.9 Å². The van der Waals surface area contributed by atoms with Gasteiger partial charge >= 0.3 is 5.97 Å². The minimum atomic E-state index is -1.88. The topological polar surface area (TPSA) is 81.4 Å². The molecule has 178 valence electrons. The average Bonchev–Trinajstić information content (AvgIpc) is 2.90. The van der Waals surface area contributed by atoms with Crippen LogP contribution in [-0.2, 0) is 14.3 Å². The summed E-state index contributed by atoms with van der Waals surface area (Å²) in [6.45, 7) is 0.126. The van der Waals surface area contributed by atoms with Gasteiger partial charge in [-0.3, -0.25) is 9.59 Å². The van der Waals surface area contributed by atoms with Crippen molar-refractivity contribution in [2.45, 2.75) is 18.9 Å². The summed E-state index contributed by atoms with van der Waals surface area (Å²) in [5, 5.41) is 6.50. The molecular weight excluding hydrogens is 463 g/mol. The Hall–Kier alpha value is -2.66. The van der Waals surface area contributed by atoms with E-state index in [2.05, 4.69) is 109 Å². The number of esters is 1. The lowest BCUT2D eigenvalue weighted by Crippen LogP contribution is -2.44. The largest absolute Gasteiger partial charge is 0.464 e. The third kappa shape index (κ3) is 6.69. The van der Waals surface area contributed by atoms with Crippen LogP contribution in [0, 0.1) is 0 Å². The molecule has 0 radical (unpaired) electrons. The van der Waals surface area contributed by atoms with Gasteiger partial charge in [0, 0.05) is 5.75 Å². The van der Waals surface area contributed by atoms with E-state index in [0.29, 0.717) is 6.61 Å². The van der Waals surface area contributed by atoms with Crippen molar-refractivity contribution in [1.29, 1.82) is 0 Å². The Kier molecular flexibility index (Phi) is 10.1. The Morgan fingerprint density at radius 1 is 0.824 bits per heavy atom. The zero-order valence-electron chi connectivity index (χ0n) is 19.2. The van der Waals surface area contributed by atoms with Crippen molar-refractivity contribution < 1.29 is 14.3 Å². The highest BCUT2D eigenvalue weighted by atomic mass is 32.1. The van der Waals surface area contributed by atoms with Crippen LogP contribution in [0.3, 0.4) is 0 Å². The van der Waals surface area contributed by atoms with Crippen molar-refractivity contribution in [1.82, 2.24) is 5.32 Å². The summed E-state index contributed by atoms with van der Waals surface area (Å²) >= 11 is 3.98. The second kappa shape index (κ2) is 13.3. The first-order chi connectivity index (χ1) is 16.6. The van der Waals surface area contributed by atoms with Gasteiger partial charge in [0.15, 0.2) is 0 Å². The number of unbranched alkanes of at least 4 members (excludes halogenated alkanes) is 1. The number of carbonyl (C=O) groups excluding carboxylic acids is 2. The smallest absolute Gasteiger partial charge is 0.325 e. The summed E-state index contributed by atoms with van der Waals surface area (Å²) in [7, 11) is -1.88. The molecule has 0 aromatic heterocycles. The molecule has 0 spiro atoms. The molecule has 3 aromatic carbocycles. The lowest BCUT2D eigenvalue weighted by molar-refractivity contribution is -0.144. The fraction of sp³-hybridized carbons (Fsp3) is 0.259. The predicted octanol–water partition coefficient (Wildman–Crippen LogP) is 2.68. The molecule has 1 amide bonds. The molecular formula is C27H32N2O3PS+. The molecule has 3 aromatic rings. The first-order valence-corrected chi connectivity index (χ1v) is 14.0. The van der Waals surface area contributed by atoms with E-state index >= 15 is 0 Å². The highest BCUT2D eigenvalue weighted by Gasteiger charge is 2.44. The number of nitrogens with two attached hydrogens (primary N) is 1. The first-order valence-electron chi connectivity index (χ1n) is 11.4. The van der Waals surface area contributed by atoms with Gasteiger partial charge in [0.25, 0.3) is 0 Å². The fourth-order valence-corrected chi connectivity index (χ4v) is 8.52. The molecule has 3 rings (SSSR count). The lowest BCUT2D eigenvalue weighted by atomic mass is 10.3. The number of amides is 1. The Labute approximate surface area is 207 Å². The maximum atomic E-state index is 12.0. The highest BCUT2D eigenvalue weighted by Crippen LogP contribution is 2.55. The van der Waals surface area contributed by atoms with Gasteiger partial charge in [-0.1, -0.05) is 54.6 Å². The lowest BCUT2D eigenvalue weighted by Gasteiger charge is -2.27. The van der Waals surface area contributed by atoms with Gasteiger partial charge < -0.3 is 15.8 Å². The molecule has 0 bridgehead atoms. The molecule has 0 aliphatic carbocycles. The Morgan fingerprint density at radius 3 is 1.74 bits per heavy atom. The number of ether oxygens (including phenoxy) is 1. The van der Waals surface area contributed by atoms with Crippen molar-refractivity contribution in [3.8, 4) is 0 Å². The first kappa shape index (κ1) is 26.0. The van der Waals surface area contributed by atoms with E-state index in [1.165, 1.54) is 15.9 Å². The Morgan fingerprint density at radius 2 is 1.29 bits per heavy atom. The van der Waals surface area contributed by atoms with Crippen molar-refractivity contribution in [3.63, 3.8) is 0 Å². The van der Waals surface area contributed by atoms with Crippen LogP contribution in [0.25, 0.3) is 0 Å². The SMILES string of the molecule is N[C@@H](CS)C(=O)NCC(=O)OCCCC[P+](c1ccccc1)(c1ccccc1)c1ccccc1. The van der Waals surface area contributed by atoms with Crippen molar-refractivity contribution in [3.05, 3.63) is 91.0 Å². The van der Waals surface area contributed by atoms with E-state index in [-0.39, 0.29) is 12.3 Å². The normalized spacial score (nSPS) is 12.1. The van der Waals surface area contributed by atoms with E-state index in [1.54, 1.807) is 0 Å². The van der Waals surface area contributed by atoms with Crippen LogP contribution in [0.5, 0.6) is 0 Å². The maximum Gasteiger partial charge on any atom is 0.325 e. The number of benzene rings is 3. The van der Waals surface area contributed by atoms with Crippen LogP contribution in [0.2, 0.25) is 0 Å². The number of nitrogens with one attached hydrogen (secondary N) is 1. The second-order valence-electron chi connectivity index (χ2n) is 7.97. The molecule has 7 heteroatoms. The van der Waals surface area contributed by atoms with Gasteiger partial charge in [0.2, 0.25) is 5.91 Å². The van der Waals surface area contributed by atoms with E-state index in [0.717, 1.165) is 19.0 Å². The molecule has 0 aliphatic rings. The van der Waals surface area contributed by atoms with E-state index in [9.17, 15) is 9.59 Å². The zero-order valence-corrected chi connectivity index (χ0v) is 21.0. The van der Waals surface area contributed by atoms with Gasteiger partial charge in [-0.15, -0.1) is 0 Å². The molecule has 5 nitrogen and oxygen atoms in total. The molecule has 3 N–H and O–H groups in total. The molecule has 0 heterocycles. The summed E-state index contributed by atoms with van der Waals surface area (Å²) in [5.41, 5.74) is 5.59. The maximum absolute atomic E-state index is 12.0.